The minimum atomic E-state index is -5.18. The second-order valence-electron chi connectivity index (χ2n) is 8.00. The van der Waals surface area contributed by atoms with Gasteiger partial charge in [0.25, 0.3) is 5.91 Å². The number of hydrogen-bond acceptors (Lipinski definition) is 7. The molecule has 34 heavy (non-hydrogen) atoms. The first-order valence-corrected chi connectivity index (χ1v) is 10.6. The van der Waals surface area contributed by atoms with Crippen molar-refractivity contribution in [1.82, 2.24) is 10.3 Å². The highest BCUT2D eigenvalue weighted by Gasteiger charge is 2.57. The second-order valence-corrected chi connectivity index (χ2v) is 8.35. The number of halogens is 4. The largest absolute Gasteiger partial charge is 0.493 e. The number of amides is 1. The predicted octanol–water partition coefficient (Wildman–Crippen LogP) is 3.18. The SMILES string of the molecule is COc1cc(C(=O)NCC(O)(c2cc3c(c(Cl)n2)OCC3C)C(F)(F)F)ccc1OC[C@@H](C)O. The normalized spacial score (nSPS) is 17.9. The van der Waals surface area contributed by atoms with E-state index < -0.39 is 36.0 Å². The molecule has 1 aliphatic rings. The Balaban J connectivity index is 1.84. The number of alkyl halides is 3. The highest BCUT2D eigenvalue weighted by Crippen LogP contribution is 2.44. The summed E-state index contributed by atoms with van der Waals surface area (Å²) < 4.78 is 57.8. The number of rotatable bonds is 8. The van der Waals surface area contributed by atoms with Gasteiger partial charge in [-0.2, -0.15) is 13.2 Å². The van der Waals surface area contributed by atoms with Crippen LogP contribution in [0.4, 0.5) is 13.2 Å². The monoisotopic (exact) mass is 504 g/mol. The minimum Gasteiger partial charge on any atom is -0.493 e. The van der Waals surface area contributed by atoms with E-state index in [0.717, 1.165) is 6.07 Å². The average molecular weight is 505 g/mol. The van der Waals surface area contributed by atoms with Gasteiger partial charge < -0.3 is 29.7 Å². The number of pyridine rings is 1. The maximum absolute atomic E-state index is 14.0. The summed E-state index contributed by atoms with van der Waals surface area (Å²) >= 11 is 6.00. The molecule has 0 radical (unpaired) electrons. The average Bonchev–Trinajstić information content (AvgIpc) is 3.16. The third-order valence-electron chi connectivity index (χ3n) is 5.27. The van der Waals surface area contributed by atoms with Crippen LogP contribution in [0.5, 0.6) is 17.2 Å². The number of methoxy groups -OCH3 is 1. The van der Waals surface area contributed by atoms with Crippen molar-refractivity contribution in [2.45, 2.75) is 37.6 Å². The number of aromatic nitrogens is 1. The highest BCUT2D eigenvalue weighted by molar-refractivity contribution is 6.31. The standard InChI is InChI=1S/C22H24ClF3N2O6/c1-11-8-34-18-14(11)7-17(28-19(18)23)21(31,22(24,25)26)10-27-20(30)13-4-5-15(16(6-13)32-3)33-9-12(2)29/h4-7,11-12,29,31H,8-10H2,1-3H3,(H,27,30)/t11?,12-,21?/m1/s1. The molecule has 3 N–H and O–H groups in total. The summed E-state index contributed by atoms with van der Waals surface area (Å²) in [5.74, 6) is -0.590. The van der Waals surface area contributed by atoms with Gasteiger partial charge in [-0.15, -0.1) is 0 Å². The van der Waals surface area contributed by atoms with Gasteiger partial charge in [0.05, 0.1) is 32.1 Å². The molecule has 2 unspecified atom stereocenters. The Morgan fingerprint density at radius 1 is 1.35 bits per heavy atom. The zero-order valence-corrected chi connectivity index (χ0v) is 19.3. The molecule has 3 rings (SSSR count). The zero-order chi connectivity index (χ0) is 25.3. The van der Waals surface area contributed by atoms with Gasteiger partial charge in [-0.1, -0.05) is 18.5 Å². The van der Waals surface area contributed by atoms with Crippen molar-refractivity contribution in [2.24, 2.45) is 0 Å². The van der Waals surface area contributed by atoms with Crippen molar-refractivity contribution in [1.29, 1.82) is 0 Å². The van der Waals surface area contributed by atoms with E-state index in [4.69, 9.17) is 25.8 Å². The Labute approximate surface area is 198 Å². The fourth-order valence-corrected chi connectivity index (χ4v) is 3.58. The number of fused-ring (bicyclic) bond motifs is 1. The molecule has 0 aliphatic carbocycles. The molecule has 0 fully saturated rings. The summed E-state index contributed by atoms with van der Waals surface area (Å²) in [6, 6.07) is 5.05. The Hall–Kier alpha value is -2.76. The molecule has 1 amide bonds. The van der Waals surface area contributed by atoms with Crippen molar-refractivity contribution >= 4 is 17.5 Å². The van der Waals surface area contributed by atoms with Crippen LogP contribution in [-0.2, 0) is 5.60 Å². The van der Waals surface area contributed by atoms with E-state index in [0.29, 0.717) is 5.56 Å². The van der Waals surface area contributed by atoms with Gasteiger partial charge in [-0.3, -0.25) is 4.79 Å². The van der Waals surface area contributed by atoms with E-state index in [2.05, 4.69) is 10.3 Å². The number of aliphatic hydroxyl groups is 2. The molecular weight excluding hydrogens is 481 g/mol. The molecule has 0 saturated heterocycles. The van der Waals surface area contributed by atoms with E-state index in [-0.39, 0.29) is 47.1 Å². The number of nitrogens with zero attached hydrogens (tertiary/aromatic N) is 1. The zero-order valence-electron chi connectivity index (χ0n) is 18.6. The maximum Gasteiger partial charge on any atom is 0.424 e. The van der Waals surface area contributed by atoms with Gasteiger partial charge in [0.2, 0.25) is 5.60 Å². The summed E-state index contributed by atoms with van der Waals surface area (Å²) in [5, 5.41) is 21.8. The molecule has 1 aromatic heterocycles. The van der Waals surface area contributed by atoms with E-state index >= 15 is 0 Å². The van der Waals surface area contributed by atoms with Gasteiger partial charge >= 0.3 is 6.18 Å². The van der Waals surface area contributed by atoms with E-state index in [1.54, 1.807) is 6.92 Å². The first kappa shape index (κ1) is 25.9. The number of ether oxygens (including phenoxy) is 3. The van der Waals surface area contributed by atoms with Crippen molar-refractivity contribution in [3.8, 4) is 17.2 Å². The summed E-state index contributed by atoms with van der Waals surface area (Å²) in [5.41, 5.74) is -3.90. The molecule has 0 bridgehead atoms. The van der Waals surface area contributed by atoms with Crippen molar-refractivity contribution in [3.63, 3.8) is 0 Å². The molecule has 1 aromatic carbocycles. The van der Waals surface area contributed by atoms with Crippen molar-refractivity contribution < 1.29 is 42.4 Å². The topological polar surface area (TPSA) is 110 Å². The number of benzene rings is 1. The lowest BCUT2D eigenvalue weighted by Gasteiger charge is -2.30. The van der Waals surface area contributed by atoms with Crippen LogP contribution >= 0.6 is 11.6 Å². The third kappa shape index (κ3) is 5.16. The molecule has 0 saturated carbocycles. The number of carbonyl (C=O) groups is 1. The van der Waals surface area contributed by atoms with E-state index in [9.17, 15) is 28.2 Å². The molecule has 2 aromatic rings. The highest BCUT2D eigenvalue weighted by atomic mass is 35.5. The molecule has 1 aliphatic heterocycles. The first-order valence-electron chi connectivity index (χ1n) is 10.3. The lowest BCUT2D eigenvalue weighted by molar-refractivity contribution is -0.265. The molecule has 12 heteroatoms. The van der Waals surface area contributed by atoms with Crippen LogP contribution in [-0.4, -0.2) is 60.3 Å². The molecule has 3 atom stereocenters. The first-order chi connectivity index (χ1) is 15.9. The fourth-order valence-electron chi connectivity index (χ4n) is 3.32. The van der Waals surface area contributed by atoms with Crippen LogP contribution in [0, 0.1) is 0 Å². The maximum atomic E-state index is 14.0. The van der Waals surface area contributed by atoms with E-state index in [1.807, 2.05) is 0 Å². The van der Waals surface area contributed by atoms with Gasteiger partial charge in [-0.05, 0) is 31.2 Å². The van der Waals surface area contributed by atoms with Crippen LogP contribution in [0.1, 0.15) is 41.4 Å². The Kier molecular flexibility index (Phi) is 7.49. The lowest BCUT2D eigenvalue weighted by Crippen LogP contribution is -2.51. The summed E-state index contributed by atoms with van der Waals surface area (Å²) in [6.45, 7) is 2.24. The summed E-state index contributed by atoms with van der Waals surface area (Å²) in [7, 11) is 1.32. The van der Waals surface area contributed by atoms with E-state index in [1.165, 1.54) is 32.2 Å². The van der Waals surface area contributed by atoms with Crippen LogP contribution < -0.4 is 19.5 Å². The molecular formula is C22H24ClF3N2O6. The van der Waals surface area contributed by atoms with Crippen LogP contribution in [0.3, 0.4) is 0 Å². The molecule has 186 valence electrons. The number of carbonyl (C=O) groups excluding carboxylic acids is 1. The second kappa shape index (κ2) is 9.85. The Morgan fingerprint density at radius 2 is 2.06 bits per heavy atom. The van der Waals surface area contributed by atoms with Crippen molar-refractivity contribution in [2.75, 3.05) is 26.9 Å². The third-order valence-corrected chi connectivity index (χ3v) is 5.53. The summed E-state index contributed by atoms with van der Waals surface area (Å²) in [6.07, 6.45) is -5.92. The van der Waals surface area contributed by atoms with Crippen LogP contribution in [0.2, 0.25) is 5.15 Å². The smallest absolute Gasteiger partial charge is 0.424 e. The number of hydrogen-bond donors (Lipinski definition) is 3. The predicted molar refractivity (Wildman–Crippen MR) is 116 cm³/mol. The minimum absolute atomic E-state index is 0.0273. The summed E-state index contributed by atoms with van der Waals surface area (Å²) in [4.78, 5) is 16.3. The van der Waals surface area contributed by atoms with Gasteiger partial charge in [-0.25, -0.2) is 4.98 Å². The van der Waals surface area contributed by atoms with Crippen LogP contribution in [0.25, 0.3) is 0 Å². The van der Waals surface area contributed by atoms with Gasteiger partial charge in [0, 0.05) is 17.0 Å². The Morgan fingerprint density at radius 3 is 2.68 bits per heavy atom. The van der Waals surface area contributed by atoms with Gasteiger partial charge in [0.1, 0.15) is 6.61 Å². The van der Waals surface area contributed by atoms with Gasteiger partial charge in [0.15, 0.2) is 22.4 Å². The molecule has 8 nitrogen and oxygen atoms in total. The number of aliphatic hydroxyl groups excluding tert-OH is 1. The molecule has 2 heterocycles. The van der Waals surface area contributed by atoms with Crippen molar-refractivity contribution in [3.05, 3.63) is 46.2 Å². The fraction of sp³-hybridized carbons (Fsp3) is 0.455. The number of nitrogens with one attached hydrogen (secondary N) is 1. The Bertz CT molecular complexity index is 1070. The lowest BCUT2D eigenvalue weighted by atomic mass is 9.94. The quantitative estimate of drug-likeness (QED) is 0.474. The van der Waals surface area contributed by atoms with Crippen LogP contribution in [0.15, 0.2) is 24.3 Å². The molecule has 0 spiro atoms.